The van der Waals surface area contributed by atoms with E-state index in [-0.39, 0.29) is 23.9 Å². The second kappa shape index (κ2) is 11.2. The fourth-order valence-corrected chi connectivity index (χ4v) is 6.25. The molecule has 0 N–H and O–H groups in total. The molecule has 5 nitrogen and oxygen atoms in total. The van der Waals surface area contributed by atoms with Crippen LogP contribution in [0.25, 0.3) is 10.8 Å². The van der Waals surface area contributed by atoms with Gasteiger partial charge in [-0.1, -0.05) is 66.2 Å². The van der Waals surface area contributed by atoms with Crippen LogP contribution < -0.4 is 0 Å². The second-order valence-corrected chi connectivity index (χ2v) is 11.0. The van der Waals surface area contributed by atoms with Gasteiger partial charge in [-0.25, -0.2) is 0 Å². The maximum atomic E-state index is 13.3. The highest BCUT2D eigenvalue weighted by Gasteiger charge is 2.34. The third-order valence-corrected chi connectivity index (χ3v) is 8.42. The van der Waals surface area contributed by atoms with Crippen molar-refractivity contribution in [2.75, 3.05) is 32.7 Å². The molecule has 2 saturated heterocycles. The maximum Gasteiger partial charge on any atom is 0.223 e. The summed E-state index contributed by atoms with van der Waals surface area (Å²) in [5, 5.41) is 3.22. The van der Waals surface area contributed by atoms with Gasteiger partial charge in [0.2, 0.25) is 11.8 Å². The van der Waals surface area contributed by atoms with E-state index in [0.717, 1.165) is 50.6 Å². The molecule has 2 amide bonds. The molecule has 5 rings (SSSR count). The molecular formula is C31H36ClN3O2. The molecule has 2 atom stereocenters. The van der Waals surface area contributed by atoms with Crippen molar-refractivity contribution >= 4 is 34.2 Å². The Morgan fingerprint density at radius 3 is 2.32 bits per heavy atom. The standard InChI is InChI=1S/C31H36ClN3O2/c1-22-21-34(18-19-35(22)30(37)20-24-14-16-33(17-15-24)23(2)36)31(26-10-12-27(32)13-11-26)29-9-5-7-25-6-3-4-8-28(25)29/h3-13,22,24,31H,14-21H2,1-2H3. The van der Waals surface area contributed by atoms with Crippen molar-refractivity contribution in [3.05, 3.63) is 82.9 Å². The number of hydrogen-bond acceptors (Lipinski definition) is 3. The average Bonchev–Trinajstić information content (AvgIpc) is 2.90. The van der Waals surface area contributed by atoms with Crippen molar-refractivity contribution in [2.24, 2.45) is 5.92 Å². The topological polar surface area (TPSA) is 43.9 Å². The van der Waals surface area contributed by atoms with Gasteiger partial charge in [-0.05, 0) is 59.7 Å². The summed E-state index contributed by atoms with van der Waals surface area (Å²) in [5.74, 6) is 0.753. The van der Waals surface area contributed by atoms with Gasteiger partial charge in [0, 0.05) is 57.1 Å². The minimum absolute atomic E-state index is 0.0824. The van der Waals surface area contributed by atoms with E-state index in [0.29, 0.717) is 12.3 Å². The lowest BCUT2D eigenvalue weighted by Gasteiger charge is -2.44. The molecule has 0 spiro atoms. The number of halogens is 1. The van der Waals surface area contributed by atoms with Gasteiger partial charge in [0.05, 0.1) is 6.04 Å². The van der Waals surface area contributed by atoms with Gasteiger partial charge in [-0.3, -0.25) is 14.5 Å². The number of amides is 2. The summed E-state index contributed by atoms with van der Waals surface area (Å²) >= 11 is 6.25. The van der Waals surface area contributed by atoms with E-state index < -0.39 is 0 Å². The number of fused-ring (bicyclic) bond motifs is 1. The maximum absolute atomic E-state index is 13.3. The molecule has 2 heterocycles. The van der Waals surface area contributed by atoms with Crippen molar-refractivity contribution < 1.29 is 9.59 Å². The first-order chi connectivity index (χ1) is 17.9. The molecule has 2 aliphatic rings. The van der Waals surface area contributed by atoms with Crippen LogP contribution in [-0.2, 0) is 9.59 Å². The van der Waals surface area contributed by atoms with E-state index in [2.05, 4.69) is 71.3 Å². The Labute approximate surface area is 225 Å². The molecule has 37 heavy (non-hydrogen) atoms. The predicted molar refractivity (Wildman–Crippen MR) is 150 cm³/mol. The largest absolute Gasteiger partial charge is 0.343 e. The van der Waals surface area contributed by atoms with Crippen LogP contribution in [0.1, 0.15) is 50.3 Å². The van der Waals surface area contributed by atoms with E-state index >= 15 is 0 Å². The van der Waals surface area contributed by atoms with E-state index in [1.807, 2.05) is 17.0 Å². The van der Waals surface area contributed by atoms with E-state index in [9.17, 15) is 9.59 Å². The summed E-state index contributed by atoms with van der Waals surface area (Å²) in [7, 11) is 0. The number of carbonyl (C=O) groups excluding carboxylic acids is 2. The van der Waals surface area contributed by atoms with E-state index in [1.165, 1.54) is 21.9 Å². The summed E-state index contributed by atoms with van der Waals surface area (Å²) < 4.78 is 0. The first-order valence-electron chi connectivity index (χ1n) is 13.4. The fraction of sp³-hybridized carbons (Fsp3) is 0.419. The van der Waals surface area contributed by atoms with Crippen LogP contribution in [0.15, 0.2) is 66.7 Å². The summed E-state index contributed by atoms with van der Waals surface area (Å²) in [4.78, 5) is 31.5. The Bertz CT molecular complexity index is 1250. The number of nitrogens with zero attached hydrogens (tertiary/aromatic N) is 3. The molecule has 194 valence electrons. The number of carbonyl (C=O) groups is 2. The number of rotatable bonds is 5. The highest BCUT2D eigenvalue weighted by molar-refractivity contribution is 6.30. The molecule has 2 fully saturated rings. The van der Waals surface area contributed by atoms with Gasteiger partial charge in [-0.15, -0.1) is 0 Å². The molecule has 3 aromatic carbocycles. The van der Waals surface area contributed by atoms with Crippen LogP contribution in [0, 0.1) is 5.92 Å². The zero-order chi connectivity index (χ0) is 25.9. The van der Waals surface area contributed by atoms with E-state index in [1.54, 1.807) is 6.92 Å². The Morgan fingerprint density at radius 2 is 1.62 bits per heavy atom. The summed E-state index contributed by atoms with van der Waals surface area (Å²) in [6.45, 7) is 7.68. The van der Waals surface area contributed by atoms with Gasteiger partial charge in [0.15, 0.2) is 0 Å². The molecule has 3 aromatic rings. The minimum atomic E-state index is 0.0824. The van der Waals surface area contributed by atoms with Crippen LogP contribution in [0.2, 0.25) is 5.02 Å². The van der Waals surface area contributed by atoms with Gasteiger partial charge in [-0.2, -0.15) is 0 Å². The van der Waals surface area contributed by atoms with Crippen molar-refractivity contribution in [3.63, 3.8) is 0 Å². The lowest BCUT2D eigenvalue weighted by Crippen LogP contribution is -2.55. The number of benzene rings is 3. The molecule has 0 bridgehead atoms. The number of hydrogen-bond donors (Lipinski definition) is 0. The average molecular weight is 518 g/mol. The number of piperidine rings is 1. The molecule has 2 unspecified atom stereocenters. The summed E-state index contributed by atoms with van der Waals surface area (Å²) in [6, 6.07) is 23.5. The Balaban J connectivity index is 1.33. The summed E-state index contributed by atoms with van der Waals surface area (Å²) in [5.41, 5.74) is 2.49. The van der Waals surface area contributed by atoms with Crippen LogP contribution in [-0.4, -0.2) is 65.3 Å². The van der Waals surface area contributed by atoms with Gasteiger partial charge < -0.3 is 9.80 Å². The Hall–Kier alpha value is -2.89. The Kier molecular flexibility index (Phi) is 7.82. The van der Waals surface area contributed by atoms with Crippen molar-refractivity contribution in [3.8, 4) is 0 Å². The third-order valence-electron chi connectivity index (χ3n) is 8.17. The third kappa shape index (κ3) is 5.68. The molecular weight excluding hydrogens is 482 g/mol. The quantitative estimate of drug-likeness (QED) is 0.432. The Morgan fingerprint density at radius 1 is 0.919 bits per heavy atom. The van der Waals surface area contributed by atoms with Crippen molar-refractivity contribution in [1.29, 1.82) is 0 Å². The van der Waals surface area contributed by atoms with Crippen molar-refractivity contribution in [2.45, 2.75) is 45.2 Å². The summed E-state index contributed by atoms with van der Waals surface area (Å²) in [6.07, 6.45) is 2.42. The highest BCUT2D eigenvalue weighted by atomic mass is 35.5. The second-order valence-electron chi connectivity index (χ2n) is 10.6. The molecule has 0 saturated carbocycles. The molecule has 0 radical (unpaired) electrons. The number of likely N-dealkylation sites (tertiary alicyclic amines) is 1. The number of piperazine rings is 1. The molecule has 0 aromatic heterocycles. The first kappa shape index (κ1) is 25.7. The van der Waals surface area contributed by atoms with Gasteiger partial charge in [0.25, 0.3) is 0 Å². The zero-order valence-electron chi connectivity index (χ0n) is 21.8. The lowest BCUT2D eigenvalue weighted by molar-refractivity contribution is -0.137. The van der Waals surface area contributed by atoms with Crippen LogP contribution in [0.3, 0.4) is 0 Å². The minimum Gasteiger partial charge on any atom is -0.343 e. The van der Waals surface area contributed by atoms with Crippen LogP contribution in [0.4, 0.5) is 0 Å². The predicted octanol–water partition coefficient (Wildman–Crippen LogP) is 5.76. The fourth-order valence-electron chi connectivity index (χ4n) is 6.13. The molecule has 2 aliphatic heterocycles. The van der Waals surface area contributed by atoms with Crippen molar-refractivity contribution in [1.82, 2.24) is 14.7 Å². The first-order valence-corrected chi connectivity index (χ1v) is 13.8. The van der Waals surface area contributed by atoms with E-state index in [4.69, 9.17) is 11.6 Å². The smallest absolute Gasteiger partial charge is 0.223 e. The van der Waals surface area contributed by atoms with Crippen LogP contribution in [0.5, 0.6) is 0 Å². The monoisotopic (exact) mass is 517 g/mol. The van der Waals surface area contributed by atoms with Gasteiger partial charge in [0.1, 0.15) is 0 Å². The zero-order valence-corrected chi connectivity index (χ0v) is 22.5. The highest BCUT2D eigenvalue weighted by Crippen LogP contribution is 2.36. The van der Waals surface area contributed by atoms with Crippen LogP contribution >= 0.6 is 11.6 Å². The SMILES string of the molecule is CC(=O)N1CCC(CC(=O)N2CCN(C(c3ccc(Cl)cc3)c3cccc4ccccc34)CC2C)CC1. The molecule has 0 aliphatic carbocycles. The normalized spacial score (nSPS) is 20.2. The lowest BCUT2D eigenvalue weighted by atomic mass is 9.91. The molecule has 6 heteroatoms. The van der Waals surface area contributed by atoms with Gasteiger partial charge >= 0.3 is 0 Å².